The highest BCUT2D eigenvalue weighted by Gasteiger charge is 2.25. The lowest BCUT2D eigenvalue weighted by Crippen LogP contribution is -2.34. The van der Waals surface area contributed by atoms with Crippen molar-refractivity contribution in [1.29, 1.82) is 0 Å². The molecule has 3 aromatic rings. The second-order valence-corrected chi connectivity index (χ2v) is 11.0. The minimum absolute atomic E-state index is 0.110. The molecule has 1 aliphatic heterocycles. The van der Waals surface area contributed by atoms with Gasteiger partial charge in [-0.05, 0) is 43.2 Å². The minimum atomic E-state index is -3.75. The lowest BCUT2D eigenvalue weighted by atomic mass is 10.2. The molecule has 0 saturated carbocycles. The Morgan fingerprint density at radius 3 is 2.86 bits per heavy atom. The number of rotatable bonds is 5. The summed E-state index contributed by atoms with van der Waals surface area (Å²) in [5.74, 6) is 0.667. The second kappa shape index (κ2) is 8.06. The summed E-state index contributed by atoms with van der Waals surface area (Å²) in [5.41, 5.74) is 2.50. The number of likely N-dealkylation sites (N-methyl/N-ethyl adjacent to an activating group) is 1. The molecule has 0 aliphatic carbocycles. The highest BCUT2D eigenvalue weighted by atomic mass is 35.5. The molecule has 2 aromatic heterocycles. The number of anilines is 1. The summed E-state index contributed by atoms with van der Waals surface area (Å²) in [5, 5.41) is 2.77. The number of carbonyl (C=O) groups is 1. The van der Waals surface area contributed by atoms with Gasteiger partial charge in [-0.3, -0.25) is 4.79 Å². The Kier molecular flexibility index (Phi) is 5.65. The summed E-state index contributed by atoms with van der Waals surface area (Å²) in [6, 6.07) is 8.58. The Morgan fingerprint density at radius 1 is 1.28 bits per heavy atom. The van der Waals surface area contributed by atoms with E-state index in [9.17, 15) is 13.2 Å². The number of benzene rings is 1. The van der Waals surface area contributed by atoms with Crippen LogP contribution < -0.4 is 5.32 Å². The highest BCUT2D eigenvalue weighted by Crippen LogP contribution is 2.28. The predicted octanol–water partition coefficient (Wildman–Crippen LogP) is 3.74. The maximum Gasteiger partial charge on any atom is 0.252 e. The third-order valence-electron chi connectivity index (χ3n) is 4.97. The largest absolute Gasteiger partial charge is 0.328 e. The van der Waals surface area contributed by atoms with Crippen LogP contribution in [0.25, 0.3) is 11.0 Å². The van der Waals surface area contributed by atoms with E-state index in [0.717, 1.165) is 58.3 Å². The Bertz CT molecular complexity index is 1170. The molecule has 1 amide bonds. The zero-order valence-electron chi connectivity index (χ0n) is 15.9. The van der Waals surface area contributed by atoms with E-state index in [1.807, 2.05) is 18.2 Å². The number of amides is 1. The molecule has 0 radical (unpaired) electrons. The fraction of sp³-hybridized carbons (Fsp3) is 0.368. The number of fused-ring (bicyclic) bond motifs is 3. The van der Waals surface area contributed by atoms with Crippen LogP contribution in [0.1, 0.15) is 25.1 Å². The molecule has 4 rings (SSSR count). The van der Waals surface area contributed by atoms with Crippen LogP contribution in [0.5, 0.6) is 0 Å². The van der Waals surface area contributed by atoms with Gasteiger partial charge in [-0.25, -0.2) is 13.4 Å². The summed E-state index contributed by atoms with van der Waals surface area (Å²) in [6.45, 7) is 0.669. The van der Waals surface area contributed by atoms with Crippen LogP contribution in [0.2, 0.25) is 4.34 Å². The third-order valence-corrected chi connectivity index (χ3v) is 8.47. The van der Waals surface area contributed by atoms with Crippen LogP contribution in [0, 0.1) is 0 Å². The number of nitrogens with zero attached hydrogens (tertiary/aromatic N) is 3. The van der Waals surface area contributed by atoms with E-state index in [4.69, 9.17) is 16.6 Å². The van der Waals surface area contributed by atoms with Crippen molar-refractivity contribution in [2.75, 3.05) is 18.9 Å². The first-order valence-corrected chi connectivity index (χ1v) is 12.0. The molecule has 3 heterocycles. The number of nitrogens with one attached hydrogen (secondary N) is 1. The molecule has 0 fully saturated rings. The summed E-state index contributed by atoms with van der Waals surface area (Å²) in [6.07, 6.45) is 4.47. The molecule has 1 aromatic carbocycles. The predicted molar refractivity (Wildman–Crippen MR) is 115 cm³/mol. The molecule has 0 saturated heterocycles. The number of halogens is 1. The summed E-state index contributed by atoms with van der Waals surface area (Å²) < 4.78 is 28.8. The number of aromatic nitrogens is 2. The summed E-state index contributed by atoms with van der Waals surface area (Å²) in [4.78, 5) is 17.1. The van der Waals surface area contributed by atoms with E-state index in [0.29, 0.717) is 10.0 Å². The van der Waals surface area contributed by atoms with Gasteiger partial charge in [0.25, 0.3) is 10.0 Å². The quantitative estimate of drug-likeness (QED) is 0.639. The number of hydrogen-bond donors (Lipinski definition) is 1. The van der Waals surface area contributed by atoms with Crippen molar-refractivity contribution < 1.29 is 13.2 Å². The van der Waals surface area contributed by atoms with Gasteiger partial charge in [0.15, 0.2) is 0 Å². The molecule has 0 atom stereocenters. The topological polar surface area (TPSA) is 84.3 Å². The average molecular weight is 453 g/mol. The SMILES string of the molecule is CN(CC(=O)Nc1ccc2c(c1)nc1n2CCCCC1)S(=O)(=O)c1ccc(Cl)s1. The van der Waals surface area contributed by atoms with Gasteiger partial charge in [-0.2, -0.15) is 4.31 Å². The van der Waals surface area contributed by atoms with Crippen molar-refractivity contribution in [3.8, 4) is 0 Å². The first-order chi connectivity index (χ1) is 13.8. The van der Waals surface area contributed by atoms with Gasteiger partial charge >= 0.3 is 0 Å². The molecule has 10 heteroatoms. The lowest BCUT2D eigenvalue weighted by Gasteiger charge is -2.15. The van der Waals surface area contributed by atoms with Crippen LogP contribution in [0.4, 0.5) is 5.69 Å². The molecule has 0 spiro atoms. The van der Waals surface area contributed by atoms with Crippen LogP contribution >= 0.6 is 22.9 Å². The summed E-state index contributed by atoms with van der Waals surface area (Å²) >= 11 is 6.79. The Hall–Kier alpha value is -1.94. The Morgan fingerprint density at radius 2 is 2.10 bits per heavy atom. The van der Waals surface area contributed by atoms with Gasteiger partial charge in [0.05, 0.1) is 21.9 Å². The fourth-order valence-corrected chi connectivity index (χ4v) is 6.33. The van der Waals surface area contributed by atoms with Crippen molar-refractivity contribution in [3.63, 3.8) is 0 Å². The number of hydrogen-bond acceptors (Lipinski definition) is 5. The van der Waals surface area contributed by atoms with E-state index < -0.39 is 15.9 Å². The van der Waals surface area contributed by atoms with E-state index in [2.05, 4.69) is 9.88 Å². The Balaban J connectivity index is 1.47. The Labute approximate surface area is 178 Å². The van der Waals surface area contributed by atoms with E-state index >= 15 is 0 Å². The summed E-state index contributed by atoms with van der Waals surface area (Å²) in [7, 11) is -2.38. The standard InChI is InChI=1S/C19H21ClN4O3S2/c1-23(29(26,27)19-9-8-16(20)28-19)12-18(25)21-13-6-7-15-14(11-13)22-17-5-3-2-4-10-24(15)17/h6-9,11H,2-5,10,12H2,1H3,(H,21,25). The smallest absolute Gasteiger partial charge is 0.252 e. The van der Waals surface area contributed by atoms with Gasteiger partial charge in [-0.15, -0.1) is 11.3 Å². The molecule has 1 N–H and O–H groups in total. The average Bonchev–Trinajstić information content (AvgIpc) is 3.17. The van der Waals surface area contributed by atoms with Crippen LogP contribution in [-0.4, -0.2) is 41.8 Å². The van der Waals surface area contributed by atoms with Gasteiger partial charge in [0.2, 0.25) is 5.91 Å². The number of aryl methyl sites for hydroxylation is 2. The van der Waals surface area contributed by atoms with E-state index in [1.54, 1.807) is 0 Å². The van der Waals surface area contributed by atoms with Crippen molar-refractivity contribution in [1.82, 2.24) is 13.9 Å². The van der Waals surface area contributed by atoms with Gasteiger partial charge in [0.1, 0.15) is 10.0 Å². The molecule has 0 bridgehead atoms. The third kappa shape index (κ3) is 4.18. The number of thiophene rings is 1. The number of sulfonamides is 1. The molecule has 154 valence electrons. The monoisotopic (exact) mass is 452 g/mol. The number of carbonyl (C=O) groups excluding carboxylic acids is 1. The van der Waals surface area contributed by atoms with Crippen LogP contribution in [0.3, 0.4) is 0 Å². The molecule has 0 unspecified atom stereocenters. The van der Waals surface area contributed by atoms with Crippen molar-refractivity contribution in [2.24, 2.45) is 0 Å². The molecule has 1 aliphatic rings. The maximum absolute atomic E-state index is 12.5. The normalized spacial score (nSPS) is 14.7. The van der Waals surface area contributed by atoms with Crippen LogP contribution in [0.15, 0.2) is 34.5 Å². The van der Waals surface area contributed by atoms with Crippen molar-refractivity contribution in [3.05, 3.63) is 40.5 Å². The zero-order chi connectivity index (χ0) is 20.6. The maximum atomic E-state index is 12.5. The fourth-order valence-electron chi connectivity index (χ4n) is 3.51. The van der Waals surface area contributed by atoms with E-state index in [1.165, 1.54) is 25.6 Å². The second-order valence-electron chi connectivity index (χ2n) is 7.06. The first-order valence-electron chi connectivity index (χ1n) is 9.35. The van der Waals surface area contributed by atoms with Crippen LogP contribution in [-0.2, 0) is 27.8 Å². The molecular weight excluding hydrogens is 432 g/mol. The van der Waals surface area contributed by atoms with Crippen molar-refractivity contribution >= 4 is 55.6 Å². The van der Waals surface area contributed by atoms with Crippen molar-refractivity contribution in [2.45, 2.75) is 36.4 Å². The molecule has 29 heavy (non-hydrogen) atoms. The first kappa shape index (κ1) is 20.3. The highest BCUT2D eigenvalue weighted by molar-refractivity contribution is 7.91. The zero-order valence-corrected chi connectivity index (χ0v) is 18.3. The van der Waals surface area contributed by atoms with E-state index in [-0.39, 0.29) is 10.8 Å². The van der Waals surface area contributed by atoms with Gasteiger partial charge < -0.3 is 9.88 Å². The number of imidazole rings is 1. The molecular formula is C19H21ClN4O3S2. The van der Waals surface area contributed by atoms with Gasteiger partial charge in [0, 0.05) is 25.7 Å². The minimum Gasteiger partial charge on any atom is -0.328 e. The van der Waals surface area contributed by atoms with Gasteiger partial charge in [-0.1, -0.05) is 18.0 Å². The lowest BCUT2D eigenvalue weighted by molar-refractivity contribution is -0.116. The molecule has 7 nitrogen and oxygen atoms in total.